The molecule has 78 valence electrons. The molecule has 1 aromatic rings. The summed E-state index contributed by atoms with van der Waals surface area (Å²) in [6.45, 7) is 1.41. The average Bonchev–Trinajstić information content (AvgIpc) is 2.52. The summed E-state index contributed by atoms with van der Waals surface area (Å²) >= 11 is 0. The lowest BCUT2D eigenvalue weighted by molar-refractivity contribution is -0.856. The van der Waals surface area contributed by atoms with E-state index in [-0.39, 0.29) is 4.65 Å². The smallest absolute Gasteiger partial charge is 0.101 e. The highest BCUT2D eigenvalue weighted by atomic mass is 16.5. The van der Waals surface area contributed by atoms with Crippen LogP contribution >= 0.6 is 0 Å². The summed E-state index contributed by atoms with van der Waals surface area (Å²) in [6.07, 6.45) is 1.95. The number of fused-ring (bicyclic) bond motifs is 2. The zero-order chi connectivity index (χ0) is 10.5. The van der Waals surface area contributed by atoms with Gasteiger partial charge in [-0.15, -0.1) is 0 Å². The Labute approximate surface area is 90.0 Å². The molecule has 0 radical (unpaired) electrons. The van der Waals surface area contributed by atoms with E-state index in [0.29, 0.717) is 6.54 Å². The molecule has 1 aromatic carbocycles. The van der Waals surface area contributed by atoms with Gasteiger partial charge in [0, 0.05) is 12.8 Å². The van der Waals surface area contributed by atoms with Crippen molar-refractivity contribution in [1.29, 1.82) is 0 Å². The molecule has 0 saturated heterocycles. The second-order valence-electron chi connectivity index (χ2n) is 4.84. The highest BCUT2D eigenvalue weighted by Crippen LogP contribution is 2.38. The lowest BCUT2D eigenvalue weighted by Crippen LogP contribution is -2.42. The Hall–Kier alpha value is -1.12. The SMILES string of the molecule is C[N@+]1([O-])CCC2=C(Cc3ccccc32)C1. The maximum absolute atomic E-state index is 11.9. The van der Waals surface area contributed by atoms with Crippen LogP contribution in [0.5, 0.6) is 0 Å². The van der Waals surface area contributed by atoms with Crippen LogP contribution in [-0.4, -0.2) is 24.8 Å². The first-order chi connectivity index (χ1) is 7.16. The van der Waals surface area contributed by atoms with Crippen LogP contribution in [0, 0.1) is 5.21 Å². The summed E-state index contributed by atoms with van der Waals surface area (Å²) in [5.41, 5.74) is 5.63. The van der Waals surface area contributed by atoms with Crippen molar-refractivity contribution in [2.24, 2.45) is 0 Å². The van der Waals surface area contributed by atoms with Gasteiger partial charge >= 0.3 is 0 Å². The zero-order valence-electron chi connectivity index (χ0n) is 8.99. The summed E-state index contributed by atoms with van der Waals surface area (Å²) < 4.78 is -0.0905. The molecule has 0 N–H and O–H groups in total. The molecule has 2 nitrogen and oxygen atoms in total. The Balaban J connectivity index is 2.03. The van der Waals surface area contributed by atoms with E-state index in [1.165, 1.54) is 22.3 Å². The van der Waals surface area contributed by atoms with E-state index in [4.69, 9.17) is 0 Å². The Morgan fingerprint density at radius 1 is 1.27 bits per heavy atom. The normalized spacial score (nSPS) is 28.9. The van der Waals surface area contributed by atoms with E-state index in [2.05, 4.69) is 24.3 Å². The zero-order valence-corrected chi connectivity index (χ0v) is 8.99. The van der Waals surface area contributed by atoms with Crippen molar-refractivity contribution >= 4 is 5.57 Å². The van der Waals surface area contributed by atoms with Crippen molar-refractivity contribution in [1.82, 2.24) is 0 Å². The maximum atomic E-state index is 11.9. The van der Waals surface area contributed by atoms with Gasteiger partial charge in [0.15, 0.2) is 0 Å². The van der Waals surface area contributed by atoms with E-state index < -0.39 is 0 Å². The van der Waals surface area contributed by atoms with E-state index in [1.54, 1.807) is 7.05 Å². The number of quaternary nitrogens is 1. The molecular weight excluding hydrogens is 186 g/mol. The molecule has 0 spiro atoms. The molecule has 2 heteroatoms. The predicted molar refractivity (Wildman–Crippen MR) is 61.0 cm³/mol. The minimum Gasteiger partial charge on any atom is -0.633 e. The number of likely N-dealkylation sites (N-methyl/N-ethyl adjacent to an activating group) is 1. The van der Waals surface area contributed by atoms with Gasteiger partial charge in [0.25, 0.3) is 0 Å². The lowest BCUT2D eigenvalue weighted by Gasteiger charge is -2.42. The topological polar surface area (TPSA) is 23.1 Å². The van der Waals surface area contributed by atoms with Crippen molar-refractivity contribution in [2.45, 2.75) is 12.8 Å². The van der Waals surface area contributed by atoms with Crippen LogP contribution in [-0.2, 0) is 6.42 Å². The molecule has 0 unspecified atom stereocenters. The predicted octanol–water partition coefficient (Wildman–Crippen LogP) is 2.34. The first-order valence-corrected chi connectivity index (χ1v) is 5.50. The summed E-state index contributed by atoms with van der Waals surface area (Å²) in [5, 5.41) is 11.9. The Kier molecular flexibility index (Phi) is 1.79. The van der Waals surface area contributed by atoms with Crippen LogP contribution in [0.2, 0.25) is 0 Å². The fourth-order valence-corrected chi connectivity index (χ4v) is 2.79. The van der Waals surface area contributed by atoms with Gasteiger partial charge in [-0.05, 0) is 22.3 Å². The van der Waals surface area contributed by atoms with E-state index >= 15 is 0 Å². The molecule has 1 atom stereocenters. The summed E-state index contributed by atoms with van der Waals surface area (Å²) in [6, 6.07) is 8.55. The largest absolute Gasteiger partial charge is 0.633 e. The fraction of sp³-hybridized carbons (Fsp3) is 0.385. The molecule has 0 aromatic heterocycles. The summed E-state index contributed by atoms with van der Waals surface area (Å²) in [4.78, 5) is 0. The molecule has 1 aliphatic heterocycles. The molecule has 1 aliphatic carbocycles. The van der Waals surface area contributed by atoms with Crippen LogP contribution in [0.15, 0.2) is 29.8 Å². The van der Waals surface area contributed by atoms with Gasteiger partial charge in [0.2, 0.25) is 0 Å². The van der Waals surface area contributed by atoms with Crippen molar-refractivity contribution in [3.63, 3.8) is 0 Å². The Morgan fingerprint density at radius 2 is 2.07 bits per heavy atom. The van der Waals surface area contributed by atoms with Gasteiger partial charge in [-0.2, -0.15) is 0 Å². The van der Waals surface area contributed by atoms with Gasteiger partial charge < -0.3 is 9.85 Å². The molecule has 0 amide bonds. The van der Waals surface area contributed by atoms with Crippen molar-refractivity contribution in [2.75, 3.05) is 20.1 Å². The molecule has 3 rings (SSSR count). The van der Waals surface area contributed by atoms with Crippen LogP contribution in [0.25, 0.3) is 5.57 Å². The number of hydrogen-bond acceptors (Lipinski definition) is 1. The number of nitrogens with zero attached hydrogens (tertiary/aromatic N) is 1. The van der Waals surface area contributed by atoms with Crippen LogP contribution in [0.4, 0.5) is 0 Å². The second kappa shape index (κ2) is 2.94. The quantitative estimate of drug-likeness (QED) is 0.466. The highest BCUT2D eigenvalue weighted by molar-refractivity contribution is 5.77. The first-order valence-electron chi connectivity index (χ1n) is 5.50. The molecule has 0 bridgehead atoms. The Bertz CT molecular complexity index is 446. The van der Waals surface area contributed by atoms with Crippen molar-refractivity contribution in [3.05, 3.63) is 46.2 Å². The molecule has 2 aliphatic rings. The van der Waals surface area contributed by atoms with Gasteiger partial charge in [-0.3, -0.25) is 0 Å². The molecule has 1 heterocycles. The van der Waals surface area contributed by atoms with Crippen molar-refractivity contribution in [3.8, 4) is 0 Å². The molecular formula is C13H15NO. The third-order valence-corrected chi connectivity index (χ3v) is 3.53. The molecule has 0 saturated carbocycles. The van der Waals surface area contributed by atoms with E-state index in [1.807, 2.05) is 0 Å². The van der Waals surface area contributed by atoms with E-state index in [9.17, 15) is 5.21 Å². The second-order valence-corrected chi connectivity index (χ2v) is 4.84. The third kappa shape index (κ3) is 1.41. The number of hydrogen-bond donors (Lipinski definition) is 0. The van der Waals surface area contributed by atoms with Crippen LogP contribution in [0.3, 0.4) is 0 Å². The lowest BCUT2D eigenvalue weighted by atomic mass is 9.99. The monoisotopic (exact) mass is 201 g/mol. The number of benzene rings is 1. The summed E-state index contributed by atoms with van der Waals surface area (Å²) in [5.74, 6) is 0. The van der Waals surface area contributed by atoms with Gasteiger partial charge in [-0.25, -0.2) is 0 Å². The van der Waals surface area contributed by atoms with Crippen molar-refractivity contribution < 1.29 is 4.65 Å². The average molecular weight is 201 g/mol. The molecule has 0 fully saturated rings. The fourth-order valence-electron chi connectivity index (χ4n) is 2.79. The minimum atomic E-state index is -0.0905. The molecule has 15 heavy (non-hydrogen) atoms. The van der Waals surface area contributed by atoms with Gasteiger partial charge in [0.05, 0.1) is 13.6 Å². The first kappa shape index (κ1) is 9.13. The number of rotatable bonds is 0. The number of hydroxylamine groups is 3. The highest BCUT2D eigenvalue weighted by Gasteiger charge is 2.29. The standard InChI is InChI=1S/C13H15NO/c1-14(15)7-6-13-11(9-14)8-10-4-2-3-5-12(10)13/h2-5H,6-9H2,1H3/t14-/m0/s1. The van der Waals surface area contributed by atoms with Gasteiger partial charge in [0.1, 0.15) is 6.54 Å². The minimum absolute atomic E-state index is 0.0905. The van der Waals surface area contributed by atoms with Crippen LogP contribution in [0.1, 0.15) is 17.5 Å². The van der Waals surface area contributed by atoms with E-state index in [0.717, 1.165) is 19.4 Å². The third-order valence-electron chi connectivity index (χ3n) is 3.53. The van der Waals surface area contributed by atoms with Crippen LogP contribution < -0.4 is 0 Å². The maximum Gasteiger partial charge on any atom is 0.101 e. The summed E-state index contributed by atoms with van der Waals surface area (Å²) in [7, 11) is 1.78. The van der Waals surface area contributed by atoms with Gasteiger partial charge in [-0.1, -0.05) is 24.3 Å². The Morgan fingerprint density at radius 3 is 2.93 bits per heavy atom.